The van der Waals surface area contributed by atoms with Crippen LogP contribution in [0.15, 0.2) is 33.9 Å². The van der Waals surface area contributed by atoms with Crippen molar-refractivity contribution in [3.8, 4) is 0 Å². The van der Waals surface area contributed by atoms with Crippen LogP contribution in [0, 0.1) is 5.82 Å². The molecule has 0 amide bonds. The summed E-state index contributed by atoms with van der Waals surface area (Å²) in [4.78, 5) is 0. The molecule has 0 radical (unpaired) electrons. The van der Waals surface area contributed by atoms with Gasteiger partial charge in [-0.2, -0.15) is 0 Å². The number of aryl methyl sites for hydroxylation is 1. The SMILES string of the molecule is NCCCCc1nnc(SCc2ccccc2F)o1. The Kier molecular flexibility index (Phi) is 5.35. The second kappa shape index (κ2) is 7.25. The highest BCUT2D eigenvalue weighted by Gasteiger charge is 2.08. The van der Waals surface area contributed by atoms with Crippen LogP contribution < -0.4 is 5.73 Å². The van der Waals surface area contributed by atoms with Gasteiger partial charge < -0.3 is 10.2 Å². The van der Waals surface area contributed by atoms with Crippen molar-refractivity contribution >= 4 is 11.8 Å². The molecule has 0 aliphatic heterocycles. The van der Waals surface area contributed by atoms with Crippen molar-refractivity contribution < 1.29 is 8.81 Å². The maximum atomic E-state index is 13.4. The zero-order chi connectivity index (χ0) is 13.5. The molecule has 0 aliphatic carbocycles. The van der Waals surface area contributed by atoms with Gasteiger partial charge in [0.2, 0.25) is 5.89 Å². The van der Waals surface area contributed by atoms with E-state index in [0.29, 0.717) is 29.0 Å². The van der Waals surface area contributed by atoms with Crippen LogP contribution in [-0.2, 0) is 12.2 Å². The van der Waals surface area contributed by atoms with E-state index in [1.54, 1.807) is 12.1 Å². The van der Waals surface area contributed by atoms with E-state index in [9.17, 15) is 4.39 Å². The van der Waals surface area contributed by atoms with E-state index < -0.39 is 0 Å². The van der Waals surface area contributed by atoms with E-state index in [1.165, 1.54) is 17.8 Å². The molecule has 0 unspecified atom stereocenters. The molecule has 2 rings (SSSR count). The highest BCUT2D eigenvalue weighted by Crippen LogP contribution is 2.23. The van der Waals surface area contributed by atoms with Crippen LogP contribution in [0.5, 0.6) is 0 Å². The first-order chi connectivity index (χ1) is 9.29. The number of hydrogen-bond donors (Lipinski definition) is 1. The number of benzene rings is 1. The minimum Gasteiger partial charge on any atom is -0.416 e. The first-order valence-corrected chi connectivity index (χ1v) is 7.17. The number of aromatic nitrogens is 2. The van der Waals surface area contributed by atoms with Crippen molar-refractivity contribution in [2.75, 3.05) is 6.54 Å². The molecule has 0 bridgehead atoms. The number of nitrogens with zero attached hydrogens (tertiary/aromatic N) is 2. The predicted molar refractivity (Wildman–Crippen MR) is 72.3 cm³/mol. The average molecular weight is 281 g/mol. The number of nitrogens with two attached hydrogens (primary N) is 1. The highest BCUT2D eigenvalue weighted by molar-refractivity contribution is 7.98. The molecule has 102 valence electrons. The van der Waals surface area contributed by atoms with Crippen LogP contribution >= 0.6 is 11.8 Å². The van der Waals surface area contributed by atoms with Gasteiger partial charge in [0, 0.05) is 12.2 Å². The summed E-state index contributed by atoms with van der Waals surface area (Å²) in [5.74, 6) is 0.888. The second-order valence-electron chi connectivity index (χ2n) is 4.09. The lowest BCUT2D eigenvalue weighted by Gasteiger charge is -1.99. The minimum atomic E-state index is -0.210. The molecule has 0 aliphatic rings. The van der Waals surface area contributed by atoms with Gasteiger partial charge in [0.05, 0.1) is 0 Å². The van der Waals surface area contributed by atoms with Crippen molar-refractivity contribution in [3.05, 3.63) is 41.5 Å². The second-order valence-corrected chi connectivity index (χ2v) is 5.01. The fourth-order valence-corrected chi connectivity index (χ4v) is 2.34. The first-order valence-electron chi connectivity index (χ1n) is 6.18. The fraction of sp³-hybridized carbons (Fsp3) is 0.385. The van der Waals surface area contributed by atoms with Crippen molar-refractivity contribution in [2.24, 2.45) is 5.73 Å². The Hall–Kier alpha value is -1.40. The van der Waals surface area contributed by atoms with E-state index in [-0.39, 0.29) is 5.82 Å². The van der Waals surface area contributed by atoms with Crippen molar-refractivity contribution in [1.29, 1.82) is 0 Å². The molecular formula is C13H16FN3OS. The van der Waals surface area contributed by atoms with Gasteiger partial charge in [-0.25, -0.2) is 4.39 Å². The predicted octanol–water partition coefficient (Wildman–Crippen LogP) is 2.78. The molecule has 0 spiro atoms. The quantitative estimate of drug-likeness (QED) is 0.624. The summed E-state index contributed by atoms with van der Waals surface area (Å²) in [5.41, 5.74) is 6.05. The van der Waals surface area contributed by atoms with E-state index in [4.69, 9.17) is 10.2 Å². The molecule has 2 aromatic rings. The van der Waals surface area contributed by atoms with Crippen LogP contribution in [0.1, 0.15) is 24.3 Å². The fourth-order valence-electron chi connectivity index (χ4n) is 1.57. The number of thioether (sulfide) groups is 1. The Morgan fingerprint density at radius 2 is 2.05 bits per heavy atom. The summed E-state index contributed by atoms with van der Waals surface area (Å²) >= 11 is 1.34. The third-order valence-corrected chi connectivity index (χ3v) is 3.47. The van der Waals surface area contributed by atoms with E-state index >= 15 is 0 Å². The lowest BCUT2D eigenvalue weighted by atomic mass is 10.2. The smallest absolute Gasteiger partial charge is 0.276 e. The van der Waals surface area contributed by atoms with Crippen LogP contribution in [0.25, 0.3) is 0 Å². The Balaban J connectivity index is 1.85. The van der Waals surface area contributed by atoms with Gasteiger partial charge in [-0.15, -0.1) is 10.2 Å². The van der Waals surface area contributed by atoms with Crippen molar-refractivity contribution in [2.45, 2.75) is 30.2 Å². The topological polar surface area (TPSA) is 64.9 Å². The summed E-state index contributed by atoms with van der Waals surface area (Å²) in [7, 11) is 0. The molecule has 19 heavy (non-hydrogen) atoms. The summed E-state index contributed by atoms with van der Waals surface area (Å²) in [6.07, 6.45) is 2.63. The maximum Gasteiger partial charge on any atom is 0.276 e. The van der Waals surface area contributed by atoms with E-state index in [0.717, 1.165) is 19.3 Å². The summed E-state index contributed by atoms with van der Waals surface area (Å²) in [6, 6.07) is 6.68. The molecule has 1 heterocycles. The average Bonchev–Trinajstić information content (AvgIpc) is 2.86. The maximum absolute atomic E-state index is 13.4. The Morgan fingerprint density at radius 1 is 1.21 bits per heavy atom. The zero-order valence-corrected chi connectivity index (χ0v) is 11.3. The third kappa shape index (κ3) is 4.33. The molecule has 4 nitrogen and oxygen atoms in total. The van der Waals surface area contributed by atoms with E-state index in [1.807, 2.05) is 6.07 Å². The van der Waals surface area contributed by atoms with Crippen molar-refractivity contribution in [3.63, 3.8) is 0 Å². The summed E-state index contributed by atoms with van der Waals surface area (Å²) < 4.78 is 18.9. The molecular weight excluding hydrogens is 265 g/mol. The monoisotopic (exact) mass is 281 g/mol. The normalized spacial score (nSPS) is 10.8. The van der Waals surface area contributed by atoms with Crippen molar-refractivity contribution in [1.82, 2.24) is 10.2 Å². The van der Waals surface area contributed by atoms with Crippen LogP contribution in [0.4, 0.5) is 4.39 Å². The van der Waals surface area contributed by atoms with Gasteiger partial charge >= 0.3 is 0 Å². The Labute approximate surface area is 115 Å². The van der Waals surface area contributed by atoms with Gasteiger partial charge in [0.15, 0.2) is 0 Å². The molecule has 1 aromatic carbocycles. The molecule has 0 atom stereocenters. The van der Waals surface area contributed by atoms with Gasteiger partial charge in [-0.1, -0.05) is 30.0 Å². The molecule has 0 fully saturated rings. The van der Waals surface area contributed by atoms with Gasteiger partial charge in [-0.3, -0.25) is 0 Å². The standard InChI is InChI=1S/C13H16FN3OS/c14-11-6-2-1-5-10(11)9-19-13-17-16-12(18-13)7-3-4-8-15/h1-2,5-6H,3-4,7-9,15H2. The van der Waals surface area contributed by atoms with Gasteiger partial charge in [-0.05, 0) is 31.0 Å². The summed E-state index contributed by atoms with van der Waals surface area (Å²) in [5, 5.41) is 8.36. The van der Waals surface area contributed by atoms with Crippen LogP contribution in [-0.4, -0.2) is 16.7 Å². The number of unbranched alkanes of at least 4 members (excludes halogenated alkanes) is 1. The lowest BCUT2D eigenvalue weighted by Crippen LogP contribution is -1.98. The zero-order valence-electron chi connectivity index (χ0n) is 10.5. The number of hydrogen-bond acceptors (Lipinski definition) is 5. The van der Waals surface area contributed by atoms with Gasteiger partial charge in [0.1, 0.15) is 5.82 Å². The first kappa shape index (κ1) is 14.0. The molecule has 2 N–H and O–H groups in total. The largest absolute Gasteiger partial charge is 0.416 e. The summed E-state index contributed by atoms with van der Waals surface area (Å²) in [6.45, 7) is 0.670. The number of halogens is 1. The Bertz CT molecular complexity index is 518. The third-order valence-electron chi connectivity index (χ3n) is 2.60. The van der Waals surface area contributed by atoms with Crippen LogP contribution in [0.3, 0.4) is 0 Å². The van der Waals surface area contributed by atoms with E-state index in [2.05, 4.69) is 10.2 Å². The lowest BCUT2D eigenvalue weighted by molar-refractivity contribution is 0.408. The highest BCUT2D eigenvalue weighted by atomic mass is 32.2. The number of rotatable bonds is 7. The van der Waals surface area contributed by atoms with Gasteiger partial charge in [0.25, 0.3) is 5.22 Å². The molecule has 6 heteroatoms. The minimum absolute atomic E-state index is 0.210. The Morgan fingerprint density at radius 3 is 2.84 bits per heavy atom. The molecule has 1 aromatic heterocycles. The molecule has 0 saturated heterocycles. The van der Waals surface area contributed by atoms with Crippen LogP contribution in [0.2, 0.25) is 0 Å². The molecule has 0 saturated carbocycles.